The Bertz CT molecular complexity index is 606. The second-order valence-corrected chi connectivity index (χ2v) is 7.93. The van der Waals surface area contributed by atoms with Crippen LogP contribution in [0.3, 0.4) is 0 Å². The summed E-state index contributed by atoms with van der Waals surface area (Å²) in [6.07, 6.45) is 3.59. The van der Waals surface area contributed by atoms with Gasteiger partial charge in [0.15, 0.2) is 5.96 Å². The topological polar surface area (TPSA) is 85.9 Å². The van der Waals surface area contributed by atoms with E-state index in [1.165, 1.54) is 0 Å². The van der Waals surface area contributed by atoms with Crippen LogP contribution in [0, 0.1) is 5.92 Å². The summed E-state index contributed by atoms with van der Waals surface area (Å²) >= 11 is 0. The Labute approximate surface area is 185 Å². The highest BCUT2D eigenvalue weighted by atomic mass is 127. The third kappa shape index (κ3) is 7.84. The van der Waals surface area contributed by atoms with Gasteiger partial charge in [-0.25, -0.2) is 4.79 Å². The van der Waals surface area contributed by atoms with E-state index in [1.54, 1.807) is 6.20 Å². The highest BCUT2D eigenvalue weighted by Gasteiger charge is 2.27. The first kappa shape index (κ1) is 24.5. The number of aromatic amines is 1. The zero-order valence-electron chi connectivity index (χ0n) is 17.7. The molecule has 0 spiro atoms. The van der Waals surface area contributed by atoms with Gasteiger partial charge < -0.3 is 19.9 Å². The molecule has 0 atom stereocenters. The van der Waals surface area contributed by atoms with Crippen molar-refractivity contribution < 1.29 is 9.53 Å². The van der Waals surface area contributed by atoms with Crippen molar-refractivity contribution >= 4 is 36.0 Å². The molecule has 9 heteroatoms. The van der Waals surface area contributed by atoms with Crippen LogP contribution in [-0.4, -0.2) is 70.9 Å². The summed E-state index contributed by atoms with van der Waals surface area (Å²) in [7, 11) is 1.81. The second-order valence-electron chi connectivity index (χ2n) is 7.93. The van der Waals surface area contributed by atoms with E-state index in [0.717, 1.165) is 44.1 Å². The molecular formula is C19H35IN6O2. The Hall–Kier alpha value is -1.52. The van der Waals surface area contributed by atoms with Gasteiger partial charge in [0, 0.05) is 39.4 Å². The monoisotopic (exact) mass is 506 g/mol. The number of nitrogens with one attached hydrogen (secondary N) is 2. The second kappa shape index (κ2) is 11.5. The minimum atomic E-state index is -0.458. The Kier molecular flexibility index (Phi) is 10.0. The van der Waals surface area contributed by atoms with Gasteiger partial charge in [-0.1, -0.05) is 0 Å². The summed E-state index contributed by atoms with van der Waals surface area (Å²) in [6.45, 7) is 11.7. The molecule has 1 amide bonds. The Morgan fingerprint density at radius 3 is 2.61 bits per heavy atom. The van der Waals surface area contributed by atoms with Gasteiger partial charge >= 0.3 is 6.09 Å². The van der Waals surface area contributed by atoms with E-state index in [4.69, 9.17) is 4.74 Å². The molecule has 8 nitrogen and oxygen atoms in total. The summed E-state index contributed by atoms with van der Waals surface area (Å²) in [4.78, 5) is 20.8. The molecule has 0 aromatic carbocycles. The van der Waals surface area contributed by atoms with Gasteiger partial charge in [0.25, 0.3) is 0 Å². The minimum Gasteiger partial charge on any atom is -0.444 e. The van der Waals surface area contributed by atoms with Gasteiger partial charge in [-0.05, 0) is 52.5 Å². The van der Waals surface area contributed by atoms with Crippen LogP contribution in [-0.2, 0) is 11.3 Å². The first-order chi connectivity index (χ1) is 12.8. The van der Waals surface area contributed by atoms with Crippen molar-refractivity contribution in [2.24, 2.45) is 10.9 Å². The SMILES string of the molecule is CCN(CC1CCN(C(=NC)NCc2ccn[nH]2)CC1)C(=O)OC(C)(C)C.I. The number of aromatic nitrogens is 2. The van der Waals surface area contributed by atoms with Gasteiger partial charge in [-0.15, -0.1) is 24.0 Å². The summed E-state index contributed by atoms with van der Waals surface area (Å²) in [6, 6.07) is 1.95. The van der Waals surface area contributed by atoms with Crippen molar-refractivity contribution in [1.29, 1.82) is 0 Å². The number of ether oxygens (including phenoxy) is 1. The predicted octanol–water partition coefficient (Wildman–Crippen LogP) is 3.07. The van der Waals surface area contributed by atoms with E-state index < -0.39 is 5.60 Å². The lowest BCUT2D eigenvalue weighted by Crippen LogP contribution is -2.47. The number of hydrogen-bond acceptors (Lipinski definition) is 4. The van der Waals surface area contributed by atoms with E-state index in [-0.39, 0.29) is 30.1 Å². The van der Waals surface area contributed by atoms with E-state index in [1.807, 2.05) is 45.7 Å². The number of H-pyrrole nitrogens is 1. The number of rotatable bonds is 5. The number of amides is 1. The molecule has 1 aliphatic heterocycles. The highest BCUT2D eigenvalue weighted by Crippen LogP contribution is 2.20. The number of halogens is 1. The molecule has 2 heterocycles. The van der Waals surface area contributed by atoms with Crippen LogP contribution in [0.25, 0.3) is 0 Å². The summed E-state index contributed by atoms with van der Waals surface area (Å²) < 4.78 is 5.52. The van der Waals surface area contributed by atoms with E-state index in [9.17, 15) is 4.79 Å². The van der Waals surface area contributed by atoms with Crippen LogP contribution in [0.4, 0.5) is 4.79 Å². The fraction of sp³-hybridized carbons (Fsp3) is 0.737. The smallest absolute Gasteiger partial charge is 0.410 e. The zero-order valence-corrected chi connectivity index (χ0v) is 20.0. The third-order valence-electron chi connectivity index (χ3n) is 4.63. The molecule has 160 valence electrons. The predicted molar refractivity (Wildman–Crippen MR) is 122 cm³/mol. The molecule has 1 fully saturated rings. The Morgan fingerprint density at radius 1 is 1.43 bits per heavy atom. The Balaban J connectivity index is 0.00000392. The molecular weight excluding hydrogens is 471 g/mol. The highest BCUT2D eigenvalue weighted by molar-refractivity contribution is 14.0. The minimum absolute atomic E-state index is 0. The first-order valence-electron chi connectivity index (χ1n) is 9.74. The van der Waals surface area contributed by atoms with Crippen LogP contribution >= 0.6 is 24.0 Å². The molecule has 0 saturated carbocycles. The van der Waals surface area contributed by atoms with Crippen LogP contribution in [0.15, 0.2) is 17.3 Å². The van der Waals surface area contributed by atoms with Crippen molar-refractivity contribution in [3.8, 4) is 0 Å². The summed E-state index contributed by atoms with van der Waals surface area (Å²) in [5, 5.41) is 10.3. The number of carbonyl (C=O) groups excluding carboxylic acids is 1. The van der Waals surface area contributed by atoms with Crippen LogP contribution in [0.5, 0.6) is 0 Å². The number of aliphatic imine (C=N–C) groups is 1. The molecule has 0 radical (unpaired) electrons. The maximum atomic E-state index is 12.3. The van der Waals surface area contributed by atoms with Crippen molar-refractivity contribution in [2.75, 3.05) is 33.2 Å². The third-order valence-corrected chi connectivity index (χ3v) is 4.63. The van der Waals surface area contributed by atoms with Gasteiger partial charge in [-0.3, -0.25) is 10.1 Å². The average molecular weight is 506 g/mol. The summed E-state index contributed by atoms with van der Waals surface area (Å²) in [5.74, 6) is 1.39. The van der Waals surface area contributed by atoms with Gasteiger partial charge in [-0.2, -0.15) is 5.10 Å². The standard InChI is InChI=1S/C19H34N6O2.HI/c1-6-24(18(26)27-19(2,3)4)14-15-8-11-25(12-9-15)17(20-5)21-13-16-7-10-22-23-16;/h7,10,15H,6,8-9,11-14H2,1-5H3,(H,20,21)(H,22,23);1H. The number of carbonyl (C=O) groups is 1. The average Bonchev–Trinajstić information content (AvgIpc) is 3.13. The van der Waals surface area contributed by atoms with Crippen molar-refractivity contribution in [1.82, 2.24) is 25.3 Å². The number of nitrogens with zero attached hydrogens (tertiary/aromatic N) is 4. The lowest BCUT2D eigenvalue weighted by Gasteiger charge is -2.36. The van der Waals surface area contributed by atoms with Crippen molar-refractivity contribution in [3.63, 3.8) is 0 Å². The molecule has 0 bridgehead atoms. The summed E-state index contributed by atoms with van der Waals surface area (Å²) in [5.41, 5.74) is 0.572. The van der Waals surface area contributed by atoms with Gasteiger partial charge in [0.2, 0.25) is 0 Å². The fourth-order valence-corrected chi connectivity index (χ4v) is 3.19. The molecule has 0 unspecified atom stereocenters. The van der Waals surface area contributed by atoms with E-state index in [0.29, 0.717) is 19.0 Å². The van der Waals surface area contributed by atoms with Crippen LogP contribution in [0.1, 0.15) is 46.2 Å². The van der Waals surface area contributed by atoms with Gasteiger partial charge in [0.1, 0.15) is 5.60 Å². The molecule has 1 saturated heterocycles. The lowest BCUT2D eigenvalue weighted by atomic mass is 9.96. The van der Waals surface area contributed by atoms with Crippen molar-refractivity contribution in [2.45, 2.75) is 52.7 Å². The van der Waals surface area contributed by atoms with Gasteiger partial charge in [0.05, 0.1) is 12.2 Å². The quantitative estimate of drug-likeness (QED) is 0.364. The Morgan fingerprint density at radius 2 is 2.11 bits per heavy atom. The van der Waals surface area contributed by atoms with E-state index in [2.05, 4.69) is 25.4 Å². The first-order valence-corrected chi connectivity index (χ1v) is 9.74. The van der Waals surface area contributed by atoms with Crippen molar-refractivity contribution in [3.05, 3.63) is 18.0 Å². The van der Waals surface area contributed by atoms with E-state index >= 15 is 0 Å². The maximum Gasteiger partial charge on any atom is 0.410 e. The van der Waals surface area contributed by atoms with Crippen LogP contribution < -0.4 is 5.32 Å². The normalized spacial score (nSPS) is 15.8. The molecule has 1 aromatic heterocycles. The lowest BCUT2D eigenvalue weighted by molar-refractivity contribution is 0.0214. The number of likely N-dealkylation sites (tertiary alicyclic amines) is 1. The number of hydrogen-bond donors (Lipinski definition) is 2. The van der Waals surface area contributed by atoms with Crippen LogP contribution in [0.2, 0.25) is 0 Å². The largest absolute Gasteiger partial charge is 0.444 e. The molecule has 1 aliphatic rings. The maximum absolute atomic E-state index is 12.3. The number of piperidine rings is 1. The molecule has 2 N–H and O–H groups in total. The zero-order chi connectivity index (χ0) is 19.9. The number of guanidine groups is 1. The molecule has 2 rings (SSSR count). The fourth-order valence-electron chi connectivity index (χ4n) is 3.19. The molecule has 1 aromatic rings. The molecule has 0 aliphatic carbocycles. The molecule has 28 heavy (non-hydrogen) atoms.